The van der Waals surface area contributed by atoms with Gasteiger partial charge in [-0.3, -0.25) is 4.79 Å². The molecule has 0 aliphatic heterocycles. The topological polar surface area (TPSA) is 46.2 Å². The Morgan fingerprint density at radius 1 is 1.27 bits per heavy atom. The van der Waals surface area contributed by atoms with E-state index in [0.29, 0.717) is 24.1 Å². The molecule has 0 unspecified atom stereocenters. The third-order valence-corrected chi connectivity index (χ3v) is 3.32. The molecule has 22 heavy (non-hydrogen) atoms. The van der Waals surface area contributed by atoms with Crippen LogP contribution in [-0.4, -0.2) is 12.1 Å². The molecule has 0 aromatic heterocycles. The highest BCUT2D eigenvalue weighted by atomic mass is 19.2. The summed E-state index contributed by atoms with van der Waals surface area (Å²) in [6.07, 6.45) is 2.98. The minimum Gasteiger partial charge on any atom is -0.386 e. The zero-order valence-corrected chi connectivity index (χ0v) is 13.1. The third kappa shape index (κ3) is 5.76. The van der Waals surface area contributed by atoms with Crippen LogP contribution in [0.4, 0.5) is 8.78 Å². The average molecular weight is 309 g/mol. The molecule has 0 saturated carbocycles. The van der Waals surface area contributed by atoms with Crippen LogP contribution in [0.15, 0.2) is 30.0 Å². The quantitative estimate of drug-likeness (QED) is 0.590. The predicted octanol–water partition coefficient (Wildman–Crippen LogP) is 3.53. The molecule has 0 fully saturated rings. The summed E-state index contributed by atoms with van der Waals surface area (Å²) in [5.41, 5.74) is 0.742. The van der Waals surface area contributed by atoms with Gasteiger partial charge in [0.1, 0.15) is 6.29 Å². The van der Waals surface area contributed by atoms with E-state index in [4.69, 9.17) is 0 Å². The van der Waals surface area contributed by atoms with Crippen LogP contribution in [0.3, 0.4) is 0 Å². The van der Waals surface area contributed by atoms with E-state index in [1.807, 2.05) is 13.8 Å². The Kier molecular flexibility index (Phi) is 6.40. The number of ketones is 1. The van der Waals surface area contributed by atoms with Crippen molar-refractivity contribution in [3.8, 4) is 0 Å². The van der Waals surface area contributed by atoms with Gasteiger partial charge in [0.25, 0.3) is 0 Å². The molecule has 0 aliphatic carbocycles. The first-order valence-corrected chi connectivity index (χ1v) is 7.06. The second kappa shape index (κ2) is 7.82. The summed E-state index contributed by atoms with van der Waals surface area (Å²) in [6, 6.07) is 3.65. The van der Waals surface area contributed by atoms with E-state index in [2.05, 4.69) is 5.32 Å². The summed E-state index contributed by atoms with van der Waals surface area (Å²) in [7, 11) is 0. The van der Waals surface area contributed by atoms with E-state index in [0.717, 1.165) is 18.4 Å². The first-order valence-electron chi connectivity index (χ1n) is 7.06. The van der Waals surface area contributed by atoms with E-state index in [-0.39, 0.29) is 17.6 Å². The number of carbonyl (C=O) groups is 2. The number of hydrogen-bond acceptors (Lipinski definition) is 3. The van der Waals surface area contributed by atoms with Gasteiger partial charge in [0.05, 0.1) is 0 Å². The molecule has 0 heterocycles. The minimum absolute atomic E-state index is 0.0513. The van der Waals surface area contributed by atoms with Gasteiger partial charge < -0.3 is 10.1 Å². The van der Waals surface area contributed by atoms with Gasteiger partial charge in [-0.15, -0.1) is 0 Å². The van der Waals surface area contributed by atoms with Crippen molar-refractivity contribution in [1.29, 1.82) is 0 Å². The summed E-state index contributed by atoms with van der Waals surface area (Å²) >= 11 is 0. The number of Topliss-reactive ketones (excluding diaryl/α,β-unsaturated/α-hetero) is 1. The van der Waals surface area contributed by atoms with Crippen LogP contribution in [0, 0.1) is 17.0 Å². The highest BCUT2D eigenvalue weighted by molar-refractivity contribution is 5.95. The molecule has 0 spiro atoms. The molecule has 0 atom stereocenters. The molecule has 0 aliphatic rings. The molecule has 3 nitrogen and oxygen atoms in total. The summed E-state index contributed by atoms with van der Waals surface area (Å²) in [4.78, 5) is 22.6. The van der Waals surface area contributed by atoms with E-state index >= 15 is 0 Å². The Morgan fingerprint density at radius 2 is 1.95 bits per heavy atom. The molecule has 1 aromatic rings. The molecule has 5 heteroatoms. The van der Waals surface area contributed by atoms with Crippen molar-refractivity contribution in [3.05, 3.63) is 47.2 Å². The lowest BCUT2D eigenvalue weighted by Gasteiger charge is -2.20. The lowest BCUT2D eigenvalue weighted by Crippen LogP contribution is -2.19. The summed E-state index contributed by atoms with van der Waals surface area (Å²) in [5, 5.41) is 2.91. The van der Waals surface area contributed by atoms with Gasteiger partial charge in [-0.25, -0.2) is 8.78 Å². The maximum atomic E-state index is 13.1. The van der Waals surface area contributed by atoms with Gasteiger partial charge in [-0.1, -0.05) is 19.9 Å². The number of aldehydes is 1. The number of benzene rings is 1. The highest BCUT2D eigenvalue weighted by Gasteiger charge is 2.22. The summed E-state index contributed by atoms with van der Waals surface area (Å²) in [6.45, 7) is 5.69. The van der Waals surface area contributed by atoms with Gasteiger partial charge in [-0.05, 0) is 30.0 Å². The van der Waals surface area contributed by atoms with Gasteiger partial charge >= 0.3 is 0 Å². The number of rotatable bonds is 8. The Balaban J connectivity index is 2.56. The zero-order valence-electron chi connectivity index (χ0n) is 13.1. The molecule has 120 valence electrons. The lowest BCUT2D eigenvalue weighted by molar-refractivity contribution is -0.118. The number of hydrogen-bond donors (Lipinski definition) is 1. The maximum Gasteiger partial charge on any atom is 0.160 e. The van der Waals surface area contributed by atoms with Gasteiger partial charge in [0.2, 0.25) is 0 Å². The van der Waals surface area contributed by atoms with Crippen LogP contribution in [0.25, 0.3) is 0 Å². The van der Waals surface area contributed by atoms with E-state index in [1.165, 1.54) is 6.07 Å². The van der Waals surface area contributed by atoms with Crippen molar-refractivity contribution in [2.24, 2.45) is 5.41 Å². The van der Waals surface area contributed by atoms with Crippen molar-refractivity contribution in [1.82, 2.24) is 5.32 Å². The highest BCUT2D eigenvalue weighted by Crippen LogP contribution is 2.25. The molecular formula is C17H21F2NO2. The first kappa shape index (κ1) is 18.0. The number of allylic oxidation sites excluding steroid dienone is 1. The number of carbonyl (C=O) groups excluding carboxylic acids is 2. The monoisotopic (exact) mass is 309 g/mol. The molecule has 0 amide bonds. The van der Waals surface area contributed by atoms with Crippen LogP contribution >= 0.6 is 0 Å². The van der Waals surface area contributed by atoms with Gasteiger partial charge in [0.15, 0.2) is 17.4 Å². The summed E-state index contributed by atoms with van der Waals surface area (Å²) in [5.74, 6) is -1.83. The average Bonchev–Trinajstić information content (AvgIpc) is 2.42. The molecule has 0 saturated heterocycles. The normalized spacial score (nSPS) is 12.1. The smallest absolute Gasteiger partial charge is 0.160 e. The SMILES string of the molecule is C/C(=C/NCc1ccc(F)c(F)c1)C(=O)CC(C)(C)CC=O. The Labute approximate surface area is 129 Å². The van der Waals surface area contributed by atoms with Gasteiger partial charge in [0, 0.05) is 31.2 Å². The molecule has 0 radical (unpaired) electrons. The predicted molar refractivity (Wildman–Crippen MR) is 81.0 cm³/mol. The van der Waals surface area contributed by atoms with Gasteiger partial charge in [-0.2, -0.15) is 0 Å². The molecule has 0 bridgehead atoms. The van der Waals surface area contributed by atoms with E-state index in [9.17, 15) is 18.4 Å². The zero-order chi connectivity index (χ0) is 16.8. The van der Waals surface area contributed by atoms with Crippen LogP contribution < -0.4 is 5.32 Å². The Hall–Kier alpha value is -2.04. The van der Waals surface area contributed by atoms with Crippen LogP contribution in [0.2, 0.25) is 0 Å². The van der Waals surface area contributed by atoms with Crippen molar-refractivity contribution in [2.75, 3.05) is 0 Å². The molecular weight excluding hydrogens is 288 g/mol. The van der Waals surface area contributed by atoms with Crippen LogP contribution in [0.1, 0.15) is 39.2 Å². The summed E-state index contributed by atoms with van der Waals surface area (Å²) < 4.78 is 25.8. The molecule has 1 rings (SSSR count). The molecule has 1 aromatic carbocycles. The van der Waals surface area contributed by atoms with Crippen LogP contribution in [-0.2, 0) is 16.1 Å². The largest absolute Gasteiger partial charge is 0.386 e. The minimum atomic E-state index is -0.897. The fraction of sp³-hybridized carbons (Fsp3) is 0.412. The Bertz CT molecular complexity index is 580. The van der Waals surface area contributed by atoms with E-state index < -0.39 is 11.6 Å². The van der Waals surface area contributed by atoms with E-state index in [1.54, 1.807) is 13.1 Å². The van der Waals surface area contributed by atoms with Crippen molar-refractivity contribution >= 4 is 12.1 Å². The Morgan fingerprint density at radius 3 is 2.55 bits per heavy atom. The lowest BCUT2D eigenvalue weighted by atomic mass is 9.83. The fourth-order valence-electron chi connectivity index (χ4n) is 1.92. The maximum absolute atomic E-state index is 13.1. The number of halogens is 2. The van der Waals surface area contributed by atoms with Crippen molar-refractivity contribution in [2.45, 2.75) is 40.2 Å². The third-order valence-electron chi connectivity index (χ3n) is 3.32. The second-order valence-electron chi connectivity index (χ2n) is 6.09. The number of nitrogens with one attached hydrogen (secondary N) is 1. The standard InChI is InChI=1S/C17H21F2NO2/c1-12(16(22)9-17(2,3)6-7-21)10-20-11-13-4-5-14(18)15(19)8-13/h4-5,7-8,10,20H,6,9,11H2,1-3H3/b12-10-. The van der Waals surface area contributed by atoms with Crippen molar-refractivity contribution < 1.29 is 18.4 Å². The van der Waals surface area contributed by atoms with Crippen LogP contribution in [0.5, 0.6) is 0 Å². The first-order chi connectivity index (χ1) is 10.2. The van der Waals surface area contributed by atoms with Crippen molar-refractivity contribution in [3.63, 3.8) is 0 Å². The molecule has 1 N–H and O–H groups in total. The fourth-order valence-corrected chi connectivity index (χ4v) is 1.92. The second-order valence-corrected chi connectivity index (χ2v) is 6.09.